The number of aromatic nitrogens is 2. The fourth-order valence-corrected chi connectivity index (χ4v) is 6.81. The molecule has 3 aromatic rings. The molecule has 210 valence electrons. The van der Waals surface area contributed by atoms with Crippen LogP contribution in [0, 0.1) is 0 Å². The van der Waals surface area contributed by atoms with Gasteiger partial charge in [0.2, 0.25) is 5.95 Å². The Balaban J connectivity index is 1.56. The number of hydrogen-bond donors (Lipinski definition) is 2. The molecule has 1 aromatic heterocycles. The van der Waals surface area contributed by atoms with Crippen LogP contribution in [0.15, 0.2) is 58.5 Å². The average molecular weight is 594 g/mol. The lowest BCUT2D eigenvalue weighted by atomic mass is 10.3. The molecule has 0 unspecified atom stereocenters. The van der Waals surface area contributed by atoms with E-state index in [2.05, 4.69) is 25.5 Å². The summed E-state index contributed by atoms with van der Waals surface area (Å²) in [6.07, 6.45) is 3.58. The normalized spacial score (nSPS) is 14.5. The summed E-state index contributed by atoms with van der Waals surface area (Å²) in [6.45, 7) is 5.59. The highest BCUT2D eigenvalue weighted by Gasteiger charge is 2.24. The molecule has 0 atom stereocenters. The monoisotopic (exact) mass is 593 g/mol. The second-order valence-corrected chi connectivity index (χ2v) is 14.4. The van der Waals surface area contributed by atoms with Crippen LogP contribution in [0.5, 0.6) is 5.75 Å². The standard InChI is InChI=1S/C26H32ClN5O5S2/c1-18(2)39(35,36)24-9-5-4-8-22(24)29-25-20(27)17-28-26(31-25)30-21-11-10-19(16-23(21)37-3)38(33,34)15-14-32-12-6-7-13-32/h4-5,8-11,16-18H,6-7,12-15H2,1-3H3,(H2,28,29,30,31). The van der Waals surface area contributed by atoms with E-state index in [4.69, 9.17) is 16.3 Å². The van der Waals surface area contributed by atoms with Crippen LogP contribution in [0.25, 0.3) is 0 Å². The van der Waals surface area contributed by atoms with E-state index in [0.29, 0.717) is 23.7 Å². The highest BCUT2D eigenvalue weighted by Crippen LogP contribution is 2.33. The number of benzene rings is 2. The zero-order chi connectivity index (χ0) is 28.2. The fourth-order valence-electron chi connectivity index (χ4n) is 4.18. The fraction of sp³-hybridized carbons (Fsp3) is 0.385. The average Bonchev–Trinajstić information content (AvgIpc) is 3.44. The molecule has 39 heavy (non-hydrogen) atoms. The van der Waals surface area contributed by atoms with Gasteiger partial charge in [-0.3, -0.25) is 0 Å². The first kappa shape index (κ1) is 29.1. The maximum Gasteiger partial charge on any atom is 0.229 e. The Hall–Kier alpha value is -2.93. The van der Waals surface area contributed by atoms with Gasteiger partial charge in [0.1, 0.15) is 10.8 Å². The van der Waals surface area contributed by atoms with Crippen molar-refractivity contribution in [3.63, 3.8) is 0 Å². The first-order chi connectivity index (χ1) is 18.5. The van der Waals surface area contributed by atoms with Gasteiger partial charge in [-0.1, -0.05) is 23.7 Å². The van der Waals surface area contributed by atoms with Gasteiger partial charge < -0.3 is 20.3 Å². The molecule has 2 heterocycles. The van der Waals surface area contributed by atoms with Crippen molar-refractivity contribution in [2.24, 2.45) is 0 Å². The summed E-state index contributed by atoms with van der Waals surface area (Å²) in [4.78, 5) is 11.1. The van der Waals surface area contributed by atoms with Gasteiger partial charge in [-0.2, -0.15) is 4.98 Å². The van der Waals surface area contributed by atoms with E-state index in [1.54, 1.807) is 38.1 Å². The van der Waals surface area contributed by atoms with Crippen molar-refractivity contribution in [1.82, 2.24) is 14.9 Å². The summed E-state index contributed by atoms with van der Waals surface area (Å²) in [5.74, 6) is 0.681. The van der Waals surface area contributed by atoms with E-state index in [0.717, 1.165) is 25.9 Å². The minimum atomic E-state index is -3.57. The van der Waals surface area contributed by atoms with E-state index in [9.17, 15) is 16.8 Å². The Labute approximate surface area is 234 Å². The second kappa shape index (κ2) is 12.1. The number of halogens is 1. The third kappa shape index (κ3) is 6.81. The van der Waals surface area contributed by atoms with Crippen molar-refractivity contribution in [3.05, 3.63) is 53.7 Å². The van der Waals surface area contributed by atoms with Crippen LogP contribution in [0.2, 0.25) is 5.02 Å². The van der Waals surface area contributed by atoms with Crippen molar-refractivity contribution in [3.8, 4) is 5.75 Å². The molecule has 0 aliphatic carbocycles. The molecule has 1 fully saturated rings. The van der Waals surface area contributed by atoms with Gasteiger partial charge in [-0.15, -0.1) is 0 Å². The number of methoxy groups -OCH3 is 1. The summed E-state index contributed by atoms with van der Waals surface area (Å²) < 4.78 is 57.0. The number of rotatable bonds is 11. The van der Waals surface area contributed by atoms with Crippen molar-refractivity contribution >= 4 is 54.4 Å². The number of ether oxygens (including phenoxy) is 1. The Morgan fingerprint density at radius 3 is 2.44 bits per heavy atom. The molecular formula is C26H32ClN5O5S2. The highest BCUT2D eigenvalue weighted by molar-refractivity contribution is 7.92. The van der Waals surface area contributed by atoms with Crippen molar-refractivity contribution in [2.75, 3.05) is 43.1 Å². The Morgan fingerprint density at radius 1 is 1.03 bits per heavy atom. The molecule has 0 radical (unpaired) electrons. The van der Waals surface area contributed by atoms with Gasteiger partial charge in [0.05, 0.1) is 45.5 Å². The summed E-state index contributed by atoms with van der Waals surface area (Å²) in [5, 5.41) is 5.61. The maximum atomic E-state index is 12.9. The molecule has 2 N–H and O–H groups in total. The first-order valence-corrected chi connectivity index (χ1v) is 16.1. The lowest BCUT2D eigenvalue weighted by Gasteiger charge is -2.16. The number of hydrogen-bond acceptors (Lipinski definition) is 10. The van der Waals surface area contributed by atoms with Crippen molar-refractivity contribution in [1.29, 1.82) is 0 Å². The largest absolute Gasteiger partial charge is 0.495 e. The van der Waals surface area contributed by atoms with Crippen LogP contribution in [0.4, 0.5) is 23.1 Å². The van der Waals surface area contributed by atoms with E-state index in [1.807, 2.05) is 0 Å². The molecule has 13 heteroatoms. The third-order valence-electron chi connectivity index (χ3n) is 6.46. The molecular weight excluding hydrogens is 562 g/mol. The number of likely N-dealkylation sites (tertiary alicyclic amines) is 1. The summed E-state index contributed by atoms with van der Waals surface area (Å²) >= 11 is 6.32. The molecule has 1 aliphatic heterocycles. The van der Waals surface area contributed by atoms with Crippen molar-refractivity contribution in [2.45, 2.75) is 41.7 Å². The van der Waals surface area contributed by atoms with Gasteiger partial charge in [0.15, 0.2) is 25.5 Å². The zero-order valence-corrected chi connectivity index (χ0v) is 24.4. The number of para-hydroxylation sites is 1. The number of nitrogens with one attached hydrogen (secondary N) is 2. The van der Waals surface area contributed by atoms with Gasteiger partial charge in [0.25, 0.3) is 0 Å². The first-order valence-electron chi connectivity index (χ1n) is 12.5. The van der Waals surface area contributed by atoms with E-state index in [-0.39, 0.29) is 32.3 Å². The van der Waals surface area contributed by atoms with Gasteiger partial charge in [-0.05, 0) is 64.0 Å². The zero-order valence-electron chi connectivity index (χ0n) is 22.0. The topological polar surface area (TPSA) is 131 Å². The lowest BCUT2D eigenvalue weighted by Crippen LogP contribution is -2.26. The molecule has 1 aliphatic rings. The highest BCUT2D eigenvalue weighted by atomic mass is 35.5. The van der Waals surface area contributed by atoms with Gasteiger partial charge >= 0.3 is 0 Å². The van der Waals surface area contributed by atoms with Crippen LogP contribution < -0.4 is 15.4 Å². The molecule has 0 bridgehead atoms. The Morgan fingerprint density at radius 2 is 1.74 bits per heavy atom. The predicted octanol–water partition coefficient (Wildman–Crippen LogP) is 4.68. The Kier molecular flexibility index (Phi) is 9.00. The molecule has 0 saturated carbocycles. The SMILES string of the molecule is COc1cc(S(=O)(=O)CCN2CCCC2)ccc1Nc1ncc(Cl)c(Nc2ccccc2S(=O)(=O)C(C)C)n1. The van der Waals surface area contributed by atoms with E-state index in [1.165, 1.54) is 31.5 Å². The smallest absolute Gasteiger partial charge is 0.229 e. The Bertz CT molecular complexity index is 1540. The summed E-state index contributed by atoms with van der Waals surface area (Å²) in [5.41, 5.74) is 0.783. The lowest BCUT2D eigenvalue weighted by molar-refractivity contribution is 0.359. The molecule has 4 rings (SSSR count). The summed E-state index contributed by atoms with van der Waals surface area (Å²) in [7, 11) is -5.62. The van der Waals surface area contributed by atoms with Gasteiger partial charge in [0, 0.05) is 12.6 Å². The predicted molar refractivity (Wildman–Crippen MR) is 153 cm³/mol. The molecule has 10 nitrogen and oxygen atoms in total. The van der Waals surface area contributed by atoms with Crippen LogP contribution >= 0.6 is 11.6 Å². The van der Waals surface area contributed by atoms with Crippen LogP contribution in [-0.2, 0) is 19.7 Å². The second-order valence-electron chi connectivity index (χ2n) is 9.46. The summed E-state index contributed by atoms with van der Waals surface area (Å²) in [6, 6.07) is 11.1. The maximum absolute atomic E-state index is 12.9. The van der Waals surface area contributed by atoms with Crippen LogP contribution in [0.1, 0.15) is 26.7 Å². The van der Waals surface area contributed by atoms with E-state index < -0.39 is 24.9 Å². The number of anilines is 4. The molecule has 1 saturated heterocycles. The minimum absolute atomic E-state index is 0.0340. The van der Waals surface area contributed by atoms with Gasteiger partial charge in [-0.25, -0.2) is 21.8 Å². The van der Waals surface area contributed by atoms with E-state index >= 15 is 0 Å². The van der Waals surface area contributed by atoms with Crippen LogP contribution in [0.3, 0.4) is 0 Å². The number of sulfone groups is 2. The van der Waals surface area contributed by atoms with Crippen molar-refractivity contribution < 1.29 is 21.6 Å². The molecule has 0 amide bonds. The quantitative estimate of drug-likeness (QED) is 0.323. The molecule has 0 spiro atoms. The molecule has 2 aromatic carbocycles. The minimum Gasteiger partial charge on any atom is -0.495 e. The van der Waals surface area contributed by atoms with Crippen LogP contribution in [-0.4, -0.2) is 69.5 Å². The third-order valence-corrected chi connectivity index (χ3v) is 10.6. The number of nitrogens with zero attached hydrogens (tertiary/aromatic N) is 3.